The molecular weight excluding hydrogens is 328 g/mol. The maximum atomic E-state index is 12.6. The Hall–Kier alpha value is -1.76. The fourth-order valence-corrected chi connectivity index (χ4v) is 4.28. The summed E-state index contributed by atoms with van der Waals surface area (Å²) in [4.78, 5) is 12.6. The summed E-state index contributed by atoms with van der Waals surface area (Å²) in [5.74, 6) is 0.195. The van der Waals surface area contributed by atoms with Gasteiger partial charge in [-0.15, -0.1) is 0 Å². The van der Waals surface area contributed by atoms with Crippen molar-refractivity contribution in [3.8, 4) is 5.75 Å². The molecule has 6 nitrogen and oxygen atoms in total. The number of benzene rings is 1. The molecule has 1 atom stereocenters. The quantitative estimate of drug-likeness (QED) is 0.845. The molecule has 24 heavy (non-hydrogen) atoms. The predicted octanol–water partition coefficient (Wildman–Crippen LogP) is 2.05. The Kier molecular flexibility index (Phi) is 4.99. The van der Waals surface area contributed by atoms with Crippen molar-refractivity contribution < 1.29 is 17.9 Å². The number of hydrogen-bond donors (Lipinski definition) is 1. The highest BCUT2D eigenvalue weighted by atomic mass is 32.2. The van der Waals surface area contributed by atoms with Crippen molar-refractivity contribution in [2.45, 2.75) is 50.7 Å². The van der Waals surface area contributed by atoms with E-state index in [1.165, 1.54) is 17.1 Å². The standard InChI is InChI=1S/C17H24N2O4S/c1-24(21,22)19-12-16(23-15-11-7-6-10-14(15)19)17(20)18-13-8-4-2-3-5-9-13/h6-7,10-11,13,16H,2-5,8-9,12H2,1H3,(H,18,20)/t16-/m0/s1. The highest BCUT2D eigenvalue weighted by Gasteiger charge is 2.35. The zero-order chi connectivity index (χ0) is 17.2. The summed E-state index contributed by atoms with van der Waals surface area (Å²) in [6, 6.07) is 7.07. The molecule has 0 aromatic heterocycles. The third-order valence-electron chi connectivity index (χ3n) is 4.63. The predicted molar refractivity (Wildman–Crippen MR) is 92.7 cm³/mol. The molecule has 1 aliphatic heterocycles. The van der Waals surface area contributed by atoms with Crippen molar-refractivity contribution in [3.63, 3.8) is 0 Å². The van der Waals surface area contributed by atoms with Crippen LogP contribution in [0.5, 0.6) is 5.75 Å². The number of carbonyl (C=O) groups excluding carboxylic acids is 1. The van der Waals surface area contributed by atoms with Crippen LogP contribution in [0.2, 0.25) is 0 Å². The molecule has 0 spiro atoms. The van der Waals surface area contributed by atoms with Gasteiger partial charge in [0.1, 0.15) is 5.75 Å². The first kappa shape index (κ1) is 17.1. The van der Waals surface area contributed by atoms with Crippen LogP contribution in [0.4, 0.5) is 5.69 Å². The van der Waals surface area contributed by atoms with Gasteiger partial charge in [0.15, 0.2) is 6.10 Å². The number of para-hydroxylation sites is 2. The van der Waals surface area contributed by atoms with Crippen LogP contribution in [-0.4, -0.2) is 39.3 Å². The lowest BCUT2D eigenvalue weighted by molar-refractivity contribution is -0.128. The molecule has 1 amide bonds. The van der Waals surface area contributed by atoms with Crippen LogP contribution < -0.4 is 14.4 Å². The molecule has 2 aliphatic rings. The summed E-state index contributed by atoms with van der Waals surface area (Å²) in [5, 5.41) is 3.05. The molecule has 1 N–H and O–H groups in total. The highest BCUT2D eigenvalue weighted by Crippen LogP contribution is 2.34. The minimum atomic E-state index is -3.47. The minimum absolute atomic E-state index is 0.00833. The van der Waals surface area contributed by atoms with Crippen LogP contribution in [0.3, 0.4) is 0 Å². The topological polar surface area (TPSA) is 75.7 Å². The number of anilines is 1. The molecule has 1 saturated carbocycles. The first-order chi connectivity index (χ1) is 11.4. The van der Waals surface area contributed by atoms with E-state index in [9.17, 15) is 13.2 Å². The SMILES string of the molecule is CS(=O)(=O)N1C[C@@H](C(=O)NC2CCCCCC2)Oc2ccccc21. The number of rotatable bonds is 3. The largest absolute Gasteiger partial charge is 0.476 e. The molecule has 1 aliphatic carbocycles. The van der Waals surface area contributed by atoms with Gasteiger partial charge in [-0.3, -0.25) is 9.10 Å². The Morgan fingerprint density at radius 1 is 1.17 bits per heavy atom. The van der Waals surface area contributed by atoms with Gasteiger partial charge in [0.05, 0.1) is 18.5 Å². The molecule has 0 radical (unpaired) electrons. The third kappa shape index (κ3) is 3.83. The maximum absolute atomic E-state index is 12.6. The fourth-order valence-electron chi connectivity index (χ4n) is 3.37. The molecule has 132 valence electrons. The van der Waals surface area contributed by atoms with E-state index in [4.69, 9.17) is 4.74 Å². The molecule has 1 fully saturated rings. The van der Waals surface area contributed by atoms with Crippen LogP contribution in [0.25, 0.3) is 0 Å². The van der Waals surface area contributed by atoms with Gasteiger partial charge >= 0.3 is 0 Å². The average molecular weight is 352 g/mol. The summed E-state index contributed by atoms with van der Waals surface area (Å²) in [5.41, 5.74) is 0.485. The number of fused-ring (bicyclic) bond motifs is 1. The van der Waals surface area contributed by atoms with Crippen molar-refractivity contribution in [2.75, 3.05) is 17.1 Å². The molecule has 0 saturated heterocycles. The Balaban J connectivity index is 1.76. The third-order valence-corrected chi connectivity index (χ3v) is 5.78. The van der Waals surface area contributed by atoms with Gasteiger partial charge in [0, 0.05) is 6.04 Å². The van der Waals surface area contributed by atoms with E-state index >= 15 is 0 Å². The first-order valence-electron chi connectivity index (χ1n) is 8.49. The average Bonchev–Trinajstić information content (AvgIpc) is 2.81. The summed E-state index contributed by atoms with van der Waals surface area (Å²) in [7, 11) is -3.47. The minimum Gasteiger partial charge on any atom is -0.476 e. The number of amides is 1. The fraction of sp³-hybridized carbons (Fsp3) is 0.588. The van der Waals surface area contributed by atoms with Crippen molar-refractivity contribution >= 4 is 21.6 Å². The van der Waals surface area contributed by atoms with E-state index in [2.05, 4.69) is 5.32 Å². The summed E-state index contributed by atoms with van der Waals surface area (Å²) in [6.45, 7) is 0.00833. The smallest absolute Gasteiger partial charge is 0.263 e. The summed E-state index contributed by atoms with van der Waals surface area (Å²) >= 11 is 0. The number of nitrogens with zero attached hydrogens (tertiary/aromatic N) is 1. The van der Waals surface area contributed by atoms with Crippen LogP contribution in [0.1, 0.15) is 38.5 Å². The van der Waals surface area contributed by atoms with E-state index in [0.717, 1.165) is 31.9 Å². The van der Waals surface area contributed by atoms with Gasteiger partial charge in [-0.25, -0.2) is 8.42 Å². The number of ether oxygens (including phenoxy) is 1. The van der Waals surface area contributed by atoms with E-state index in [1.807, 2.05) is 0 Å². The van der Waals surface area contributed by atoms with Crippen LogP contribution in [-0.2, 0) is 14.8 Å². The Labute approximate surface area is 143 Å². The second-order valence-corrected chi connectivity index (χ2v) is 8.47. The van der Waals surface area contributed by atoms with E-state index in [0.29, 0.717) is 11.4 Å². The molecule has 3 rings (SSSR count). The van der Waals surface area contributed by atoms with Gasteiger partial charge in [0.2, 0.25) is 10.0 Å². The summed E-state index contributed by atoms with van der Waals surface area (Å²) < 4.78 is 31.2. The van der Waals surface area contributed by atoms with Crippen molar-refractivity contribution in [1.29, 1.82) is 0 Å². The lowest BCUT2D eigenvalue weighted by Crippen LogP contribution is -2.52. The first-order valence-corrected chi connectivity index (χ1v) is 10.3. The van der Waals surface area contributed by atoms with Gasteiger partial charge in [-0.05, 0) is 25.0 Å². The lowest BCUT2D eigenvalue weighted by Gasteiger charge is -2.34. The highest BCUT2D eigenvalue weighted by molar-refractivity contribution is 7.92. The van der Waals surface area contributed by atoms with Gasteiger partial charge in [0.25, 0.3) is 5.91 Å². The van der Waals surface area contributed by atoms with E-state index < -0.39 is 16.1 Å². The second-order valence-electron chi connectivity index (χ2n) is 6.57. The van der Waals surface area contributed by atoms with E-state index in [-0.39, 0.29) is 18.5 Å². The van der Waals surface area contributed by atoms with E-state index in [1.54, 1.807) is 24.3 Å². The van der Waals surface area contributed by atoms with Gasteiger partial charge in [-0.2, -0.15) is 0 Å². The zero-order valence-corrected chi connectivity index (χ0v) is 14.7. The molecule has 1 aromatic carbocycles. The molecular formula is C17H24N2O4S. The molecule has 1 aromatic rings. The molecule has 7 heteroatoms. The number of carbonyl (C=O) groups is 1. The molecule has 1 heterocycles. The second kappa shape index (κ2) is 7.01. The van der Waals surface area contributed by atoms with Gasteiger partial charge < -0.3 is 10.1 Å². The Bertz CT molecular complexity index is 696. The molecule has 0 bridgehead atoms. The van der Waals surface area contributed by atoms with Gasteiger partial charge in [-0.1, -0.05) is 37.8 Å². The van der Waals surface area contributed by atoms with Crippen LogP contribution in [0, 0.1) is 0 Å². The monoisotopic (exact) mass is 352 g/mol. The van der Waals surface area contributed by atoms with Crippen molar-refractivity contribution in [1.82, 2.24) is 5.32 Å². The molecule has 0 unspecified atom stereocenters. The Morgan fingerprint density at radius 3 is 2.50 bits per heavy atom. The normalized spacial score (nSPS) is 22.2. The van der Waals surface area contributed by atoms with Crippen LogP contribution >= 0.6 is 0 Å². The zero-order valence-electron chi connectivity index (χ0n) is 13.9. The maximum Gasteiger partial charge on any atom is 0.263 e. The number of sulfonamides is 1. The Morgan fingerprint density at radius 2 is 1.83 bits per heavy atom. The van der Waals surface area contributed by atoms with Crippen molar-refractivity contribution in [3.05, 3.63) is 24.3 Å². The summed E-state index contributed by atoms with van der Waals surface area (Å²) in [6.07, 6.45) is 6.94. The van der Waals surface area contributed by atoms with Crippen LogP contribution in [0.15, 0.2) is 24.3 Å². The van der Waals surface area contributed by atoms with Crippen molar-refractivity contribution in [2.24, 2.45) is 0 Å². The number of nitrogens with one attached hydrogen (secondary N) is 1. The lowest BCUT2D eigenvalue weighted by atomic mass is 10.1. The number of hydrogen-bond acceptors (Lipinski definition) is 4.